The van der Waals surface area contributed by atoms with E-state index in [0.717, 1.165) is 5.56 Å². The second kappa shape index (κ2) is 3.46. The highest BCUT2D eigenvalue weighted by Crippen LogP contribution is 2.38. The second-order valence-electron chi connectivity index (χ2n) is 4.64. The molecule has 0 spiro atoms. The summed E-state index contributed by atoms with van der Waals surface area (Å²) >= 11 is 0. The van der Waals surface area contributed by atoms with E-state index in [2.05, 4.69) is 13.8 Å². The van der Waals surface area contributed by atoms with Gasteiger partial charge in [-0.1, -0.05) is 32.0 Å². The molecule has 1 aliphatic carbocycles. The average molecular weight is 204 g/mol. The Balaban J connectivity index is 2.29. The highest BCUT2D eigenvalue weighted by molar-refractivity contribution is 6.04. The van der Waals surface area contributed by atoms with Gasteiger partial charge in [0.05, 0.1) is 0 Å². The van der Waals surface area contributed by atoms with Gasteiger partial charge in [-0.25, -0.2) is 0 Å². The van der Waals surface area contributed by atoms with Gasteiger partial charge in [0.15, 0.2) is 5.78 Å². The molecule has 0 heterocycles. The zero-order valence-corrected chi connectivity index (χ0v) is 9.16. The number of aliphatic hydroxyl groups is 1. The van der Waals surface area contributed by atoms with Crippen molar-refractivity contribution in [2.75, 3.05) is 0 Å². The van der Waals surface area contributed by atoms with Gasteiger partial charge < -0.3 is 5.11 Å². The minimum absolute atomic E-state index is 0.120. The lowest BCUT2D eigenvalue weighted by molar-refractivity contribution is 0.0690. The molecule has 1 saturated carbocycles. The predicted molar refractivity (Wildman–Crippen MR) is 59.0 cm³/mol. The summed E-state index contributed by atoms with van der Waals surface area (Å²) in [7, 11) is 0. The third-order valence-electron chi connectivity index (χ3n) is 2.96. The number of ketones is 1. The lowest BCUT2D eigenvalue weighted by atomic mass is 9.97. The van der Waals surface area contributed by atoms with Crippen LogP contribution in [0.1, 0.15) is 48.5 Å². The second-order valence-corrected chi connectivity index (χ2v) is 4.64. The van der Waals surface area contributed by atoms with Gasteiger partial charge in [0, 0.05) is 5.56 Å². The summed E-state index contributed by atoms with van der Waals surface area (Å²) in [4.78, 5) is 11.9. The van der Waals surface area contributed by atoms with Gasteiger partial charge in [-0.15, -0.1) is 0 Å². The summed E-state index contributed by atoms with van der Waals surface area (Å²) in [6.07, 6.45) is 1.22. The lowest BCUT2D eigenvalue weighted by Gasteiger charge is -2.10. The minimum Gasteiger partial charge on any atom is -0.382 e. The van der Waals surface area contributed by atoms with E-state index in [4.69, 9.17) is 0 Å². The predicted octanol–water partition coefficient (Wildman–Crippen LogP) is 2.52. The van der Waals surface area contributed by atoms with E-state index >= 15 is 0 Å². The maximum Gasteiger partial charge on any atom is 0.194 e. The van der Waals surface area contributed by atoms with Crippen LogP contribution in [0.3, 0.4) is 0 Å². The van der Waals surface area contributed by atoms with Crippen LogP contribution in [-0.2, 0) is 0 Å². The van der Waals surface area contributed by atoms with Gasteiger partial charge in [0.2, 0.25) is 0 Å². The van der Waals surface area contributed by atoms with E-state index in [1.54, 1.807) is 6.07 Å². The quantitative estimate of drug-likeness (QED) is 0.768. The molecule has 0 atom stereocenters. The normalized spacial score (nSPS) is 17.9. The van der Waals surface area contributed by atoms with E-state index in [9.17, 15) is 9.90 Å². The molecule has 1 aliphatic rings. The van der Waals surface area contributed by atoms with Crippen LogP contribution in [-0.4, -0.2) is 16.5 Å². The molecule has 0 aromatic heterocycles. The van der Waals surface area contributed by atoms with Crippen molar-refractivity contribution in [3.8, 4) is 0 Å². The molecular formula is C13H16O2. The molecule has 0 bridgehead atoms. The number of carbonyl (C=O) groups excluding carboxylic acids is 1. The lowest BCUT2D eigenvalue weighted by Crippen LogP contribution is -2.21. The van der Waals surface area contributed by atoms with Crippen molar-refractivity contribution in [3.63, 3.8) is 0 Å². The van der Waals surface area contributed by atoms with E-state index in [1.807, 2.05) is 18.2 Å². The Morgan fingerprint density at radius 1 is 1.40 bits per heavy atom. The van der Waals surface area contributed by atoms with E-state index in [1.165, 1.54) is 0 Å². The molecule has 2 heteroatoms. The van der Waals surface area contributed by atoms with Crippen LogP contribution < -0.4 is 0 Å². The fourth-order valence-corrected chi connectivity index (χ4v) is 1.65. The Morgan fingerprint density at radius 3 is 2.60 bits per heavy atom. The van der Waals surface area contributed by atoms with Crippen LogP contribution >= 0.6 is 0 Å². The molecule has 0 aliphatic heterocycles. The fraction of sp³-hybridized carbons (Fsp3) is 0.462. The molecule has 0 saturated heterocycles. The number of Topliss-reactive ketones (excluding diaryl/α,β-unsaturated/α-hetero) is 1. The molecule has 2 rings (SSSR count). The van der Waals surface area contributed by atoms with Gasteiger partial charge in [0.25, 0.3) is 0 Å². The number of hydrogen-bond acceptors (Lipinski definition) is 2. The Hall–Kier alpha value is -1.15. The maximum atomic E-state index is 11.9. The molecule has 1 N–H and O–H groups in total. The van der Waals surface area contributed by atoms with Crippen LogP contribution in [0, 0.1) is 0 Å². The van der Waals surface area contributed by atoms with Crippen molar-refractivity contribution in [3.05, 3.63) is 35.4 Å². The van der Waals surface area contributed by atoms with Crippen molar-refractivity contribution in [1.82, 2.24) is 0 Å². The van der Waals surface area contributed by atoms with Crippen LogP contribution in [0.15, 0.2) is 24.3 Å². The Labute approximate surface area is 89.9 Å². The van der Waals surface area contributed by atoms with E-state index < -0.39 is 5.60 Å². The van der Waals surface area contributed by atoms with Crippen LogP contribution in [0.2, 0.25) is 0 Å². The van der Waals surface area contributed by atoms with E-state index in [0.29, 0.717) is 24.3 Å². The maximum absolute atomic E-state index is 11.9. The minimum atomic E-state index is -1.05. The third kappa shape index (κ3) is 1.95. The zero-order chi connectivity index (χ0) is 11.1. The first-order valence-corrected chi connectivity index (χ1v) is 5.40. The number of carbonyl (C=O) groups is 1. The molecule has 0 unspecified atom stereocenters. The van der Waals surface area contributed by atoms with Gasteiger partial charge in [-0.3, -0.25) is 4.79 Å². The molecule has 2 nitrogen and oxygen atoms in total. The van der Waals surface area contributed by atoms with Gasteiger partial charge >= 0.3 is 0 Å². The first kappa shape index (κ1) is 10.4. The molecule has 0 radical (unpaired) electrons. The number of hydrogen-bond donors (Lipinski definition) is 1. The van der Waals surface area contributed by atoms with Crippen molar-refractivity contribution in [2.24, 2.45) is 0 Å². The Bertz CT molecular complexity index is 389. The highest BCUT2D eigenvalue weighted by atomic mass is 16.3. The van der Waals surface area contributed by atoms with Gasteiger partial charge in [-0.05, 0) is 30.4 Å². The van der Waals surface area contributed by atoms with E-state index in [-0.39, 0.29) is 5.78 Å². The molecule has 1 aromatic carbocycles. The SMILES string of the molecule is CC(C)c1cccc(C(=O)C2(O)CC2)c1. The average Bonchev–Trinajstić information content (AvgIpc) is 2.97. The summed E-state index contributed by atoms with van der Waals surface area (Å²) < 4.78 is 0. The van der Waals surface area contributed by atoms with Crippen molar-refractivity contribution >= 4 is 5.78 Å². The molecule has 1 aromatic rings. The number of benzene rings is 1. The van der Waals surface area contributed by atoms with Crippen molar-refractivity contribution in [2.45, 2.75) is 38.2 Å². The monoisotopic (exact) mass is 204 g/mol. The van der Waals surface area contributed by atoms with Crippen molar-refractivity contribution < 1.29 is 9.90 Å². The summed E-state index contributed by atoms with van der Waals surface area (Å²) in [5.41, 5.74) is 0.738. The van der Waals surface area contributed by atoms with Crippen LogP contribution in [0.5, 0.6) is 0 Å². The fourth-order valence-electron chi connectivity index (χ4n) is 1.65. The first-order chi connectivity index (χ1) is 7.03. The van der Waals surface area contributed by atoms with Crippen LogP contribution in [0.4, 0.5) is 0 Å². The summed E-state index contributed by atoms with van der Waals surface area (Å²) in [6.45, 7) is 4.19. The molecule has 15 heavy (non-hydrogen) atoms. The largest absolute Gasteiger partial charge is 0.382 e. The smallest absolute Gasteiger partial charge is 0.194 e. The molecule has 80 valence electrons. The third-order valence-corrected chi connectivity index (χ3v) is 2.96. The first-order valence-electron chi connectivity index (χ1n) is 5.40. The van der Waals surface area contributed by atoms with Gasteiger partial charge in [0.1, 0.15) is 5.60 Å². The van der Waals surface area contributed by atoms with Crippen LogP contribution in [0.25, 0.3) is 0 Å². The highest BCUT2D eigenvalue weighted by Gasteiger charge is 2.48. The topological polar surface area (TPSA) is 37.3 Å². The van der Waals surface area contributed by atoms with Crippen molar-refractivity contribution in [1.29, 1.82) is 0 Å². The molecular weight excluding hydrogens is 188 g/mol. The Kier molecular flexibility index (Phi) is 2.39. The summed E-state index contributed by atoms with van der Waals surface area (Å²) in [5.74, 6) is 0.289. The zero-order valence-electron chi connectivity index (χ0n) is 9.16. The summed E-state index contributed by atoms with van der Waals surface area (Å²) in [5, 5.41) is 9.73. The summed E-state index contributed by atoms with van der Waals surface area (Å²) in [6, 6.07) is 7.57. The molecule has 1 fully saturated rings. The van der Waals surface area contributed by atoms with Gasteiger partial charge in [-0.2, -0.15) is 0 Å². The Morgan fingerprint density at radius 2 is 2.07 bits per heavy atom. The molecule has 0 amide bonds. The standard InChI is InChI=1S/C13H16O2/c1-9(2)10-4-3-5-11(8-10)12(14)13(15)6-7-13/h3-5,8-9,15H,6-7H2,1-2H3. The number of rotatable bonds is 3.